The summed E-state index contributed by atoms with van der Waals surface area (Å²) >= 11 is 1.79. The summed E-state index contributed by atoms with van der Waals surface area (Å²) in [6.45, 7) is 2.81. The molecule has 0 saturated heterocycles. The van der Waals surface area contributed by atoms with Crippen molar-refractivity contribution in [2.24, 2.45) is 0 Å². The third-order valence-electron chi connectivity index (χ3n) is 2.93. The highest BCUT2D eigenvalue weighted by Gasteiger charge is 2.09. The molecule has 1 atom stereocenters. The molecule has 0 spiro atoms. The normalized spacial score (nSPS) is 11.7. The SMILES string of the molecule is CNC(CCOc1ccc(C)cc1)c1cccs1.Cl. The molecule has 1 N–H and O–H groups in total. The molecule has 0 fully saturated rings. The van der Waals surface area contributed by atoms with Crippen LogP contribution in [0.25, 0.3) is 0 Å². The molecule has 0 aliphatic carbocycles. The maximum absolute atomic E-state index is 5.76. The number of benzene rings is 1. The van der Waals surface area contributed by atoms with E-state index in [0.29, 0.717) is 6.04 Å². The summed E-state index contributed by atoms with van der Waals surface area (Å²) in [5, 5.41) is 5.44. The first-order chi connectivity index (χ1) is 8.79. The van der Waals surface area contributed by atoms with E-state index in [1.165, 1.54) is 10.4 Å². The molecule has 1 heterocycles. The highest BCUT2D eigenvalue weighted by Crippen LogP contribution is 2.22. The van der Waals surface area contributed by atoms with Crippen LogP contribution in [0.4, 0.5) is 0 Å². The van der Waals surface area contributed by atoms with E-state index in [4.69, 9.17) is 4.74 Å². The minimum atomic E-state index is 0. The van der Waals surface area contributed by atoms with Crippen LogP contribution in [0.3, 0.4) is 0 Å². The second-order valence-corrected chi connectivity index (χ2v) is 5.29. The first kappa shape index (κ1) is 16.0. The first-order valence-electron chi connectivity index (χ1n) is 6.19. The molecular weight excluding hydrogens is 278 g/mol. The van der Waals surface area contributed by atoms with Crippen LogP contribution in [0, 0.1) is 6.92 Å². The van der Waals surface area contributed by atoms with Crippen LogP contribution in [0.2, 0.25) is 0 Å². The molecule has 0 radical (unpaired) electrons. The van der Waals surface area contributed by atoms with Gasteiger partial charge in [-0.05, 0) is 37.6 Å². The van der Waals surface area contributed by atoms with Gasteiger partial charge < -0.3 is 10.1 Å². The number of aryl methyl sites for hydroxylation is 1. The zero-order valence-corrected chi connectivity index (χ0v) is 12.9. The standard InChI is InChI=1S/C15H19NOS.ClH/c1-12-5-7-13(8-6-12)17-10-9-14(16-2)15-4-3-11-18-15;/h3-8,11,14,16H,9-10H2,1-2H3;1H. The lowest BCUT2D eigenvalue weighted by Crippen LogP contribution is -2.18. The Hall–Kier alpha value is -1.03. The van der Waals surface area contributed by atoms with Gasteiger partial charge in [0.05, 0.1) is 6.61 Å². The average Bonchev–Trinajstić information content (AvgIpc) is 2.91. The molecule has 1 aromatic carbocycles. The highest BCUT2D eigenvalue weighted by atomic mass is 35.5. The maximum atomic E-state index is 5.76. The molecule has 0 saturated carbocycles. The van der Waals surface area contributed by atoms with Gasteiger partial charge in [-0.15, -0.1) is 23.7 Å². The van der Waals surface area contributed by atoms with E-state index in [2.05, 4.69) is 41.9 Å². The summed E-state index contributed by atoms with van der Waals surface area (Å²) in [6, 6.07) is 12.8. The van der Waals surface area contributed by atoms with Gasteiger partial charge in [-0.3, -0.25) is 0 Å². The zero-order valence-electron chi connectivity index (χ0n) is 11.3. The Morgan fingerprint density at radius 3 is 2.53 bits per heavy atom. The van der Waals surface area contributed by atoms with Crippen molar-refractivity contribution < 1.29 is 4.74 Å². The summed E-state index contributed by atoms with van der Waals surface area (Å²) in [4.78, 5) is 1.37. The van der Waals surface area contributed by atoms with Gasteiger partial charge in [-0.2, -0.15) is 0 Å². The fourth-order valence-corrected chi connectivity index (χ4v) is 2.72. The van der Waals surface area contributed by atoms with E-state index in [0.717, 1.165) is 18.8 Å². The quantitative estimate of drug-likeness (QED) is 0.862. The van der Waals surface area contributed by atoms with Crippen LogP contribution in [-0.2, 0) is 0 Å². The van der Waals surface area contributed by atoms with Gasteiger partial charge in [0.25, 0.3) is 0 Å². The fraction of sp³-hybridized carbons (Fsp3) is 0.333. The Morgan fingerprint density at radius 1 is 1.21 bits per heavy atom. The third-order valence-corrected chi connectivity index (χ3v) is 3.92. The van der Waals surface area contributed by atoms with E-state index in [1.807, 2.05) is 19.2 Å². The summed E-state index contributed by atoms with van der Waals surface area (Å²) in [7, 11) is 2.00. The van der Waals surface area contributed by atoms with Gasteiger partial charge in [0.15, 0.2) is 0 Å². The van der Waals surface area contributed by atoms with Crippen molar-refractivity contribution >= 4 is 23.7 Å². The molecule has 104 valence electrons. The van der Waals surface area contributed by atoms with Crippen LogP contribution in [0.5, 0.6) is 5.75 Å². The molecule has 0 aliphatic heterocycles. The zero-order chi connectivity index (χ0) is 12.8. The second-order valence-electron chi connectivity index (χ2n) is 4.31. The lowest BCUT2D eigenvalue weighted by molar-refractivity contribution is 0.291. The van der Waals surface area contributed by atoms with Gasteiger partial charge >= 0.3 is 0 Å². The van der Waals surface area contributed by atoms with Crippen LogP contribution in [-0.4, -0.2) is 13.7 Å². The van der Waals surface area contributed by atoms with E-state index in [1.54, 1.807) is 11.3 Å². The molecular formula is C15H20ClNOS. The summed E-state index contributed by atoms with van der Waals surface area (Å²) in [6.07, 6.45) is 0.977. The van der Waals surface area contributed by atoms with Gasteiger partial charge in [0, 0.05) is 17.3 Å². The van der Waals surface area contributed by atoms with E-state index >= 15 is 0 Å². The Balaban J connectivity index is 0.00000180. The van der Waals surface area contributed by atoms with Crippen molar-refractivity contribution in [3.63, 3.8) is 0 Å². The Morgan fingerprint density at radius 2 is 1.95 bits per heavy atom. The van der Waals surface area contributed by atoms with Crippen molar-refractivity contribution in [1.29, 1.82) is 0 Å². The third kappa shape index (κ3) is 4.86. The predicted octanol–water partition coefficient (Wildman–Crippen LogP) is 4.21. The first-order valence-corrected chi connectivity index (χ1v) is 7.07. The highest BCUT2D eigenvalue weighted by molar-refractivity contribution is 7.10. The number of ether oxygens (including phenoxy) is 1. The average molecular weight is 298 g/mol. The molecule has 19 heavy (non-hydrogen) atoms. The van der Waals surface area contributed by atoms with Crippen molar-refractivity contribution in [3.8, 4) is 5.75 Å². The molecule has 4 heteroatoms. The molecule has 1 aromatic heterocycles. The van der Waals surface area contributed by atoms with Crippen molar-refractivity contribution in [1.82, 2.24) is 5.32 Å². The summed E-state index contributed by atoms with van der Waals surface area (Å²) in [5.74, 6) is 0.946. The monoisotopic (exact) mass is 297 g/mol. The summed E-state index contributed by atoms with van der Waals surface area (Å²) in [5.41, 5.74) is 1.26. The number of nitrogens with one attached hydrogen (secondary N) is 1. The lowest BCUT2D eigenvalue weighted by atomic mass is 10.2. The summed E-state index contributed by atoms with van der Waals surface area (Å²) < 4.78 is 5.76. The van der Waals surface area contributed by atoms with Crippen LogP contribution < -0.4 is 10.1 Å². The molecule has 2 aromatic rings. The van der Waals surface area contributed by atoms with Crippen molar-refractivity contribution in [2.45, 2.75) is 19.4 Å². The number of rotatable bonds is 6. The molecule has 1 unspecified atom stereocenters. The lowest BCUT2D eigenvalue weighted by Gasteiger charge is -2.15. The predicted molar refractivity (Wildman–Crippen MR) is 84.7 cm³/mol. The van der Waals surface area contributed by atoms with E-state index in [9.17, 15) is 0 Å². The van der Waals surface area contributed by atoms with Crippen molar-refractivity contribution in [3.05, 3.63) is 52.2 Å². The Kier molecular flexibility index (Phi) is 6.92. The topological polar surface area (TPSA) is 21.3 Å². The smallest absolute Gasteiger partial charge is 0.119 e. The molecule has 0 aliphatic rings. The van der Waals surface area contributed by atoms with Gasteiger partial charge in [0.2, 0.25) is 0 Å². The number of thiophene rings is 1. The van der Waals surface area contributed by atoms with Crippen molar-refractivity contribution in [2.75, 3.05) is 13.7 Å². The minimum absolute atomic E-state index is 0. The number of hydrogen-bond donors (Lipinski definition) is 1. The second kappa shape index (κ2) is 8.20. The Bertz CT molecular complexity index is 456. The van der Waals surface area contributed by atoms with Gasteiger partial charge in [-0.25, -0.2) is 0 Å². The van der Waals surface area contributed by atoms with Gasteiger partial charge in [0.1, 0.15) is 5.75 Å². The molecule has 0 amide bonds. The minimum Gasteiger partial charge on any atom is -0.494 e. The fourth-order valence-electron chi connectivity index (χ4n) is 1.85. The molecule has 0 bridgehead atoms. The molecule has 2 rings (SSSR count). The largest absolute Gasteiger partial charge is 0.494 e. The molecule has 2 nitrogen and oxygen atoms in total. The van der Waals surface area contributed by atoms with Gasteiger partial charge in [-0.1, -0.05) is 23.8 Å². The number of hydrogen-bond acceptors (Lipinski definition) is 3. The maximum Gasteiger partial charge on any atom is 0.119 e. The van der Waals surface area contributed by atoms with E-state index < -0.39 is 0 Å². The van der Waals surface area contributed by atoms with Crippen LogP contribution in [0.15, 0.2) is 41.8 Å². The van der Waals surface area contributed by atoms with E-state index in [-0.39, 0.29) is 12.4 Å². The van der Waals surface area contributed by atoms with Crippen LogP contribution >= 0.6 is 23.7 Å². The van der Waals surface area contributed by atoms with Crippen LogP contribution in [0.1, 0.15) is 22.9 Å². The number of halogens is 1. The Labute approximate surface area is 125 Å².